The summed E-state index contributed by atoms with van der Waals surface area (Å²) < 4.78 is 10.4. The van der Waals surface area contributed by atoms with Crippen molar-refractivity contribution in [3.8, 4) is 17.2 Å². The van der Waals surface area contributed by atoms with Crippen LogP contribution in [0.1, 0.15) is 84.9 Å². The van der Waals surface area contributed by atoms with Crippen molar-refractivity contribution in [1.82, 2.24) is 0 Å². The summed E-state index contributed by atoms with van der Waals surface area (Å²) in [5.74, 6) is -2.68. The van der Waals surface area contributed by atoms with E-state index in [0.29, 0.717) is 12.2 Å². The molecule has 0 aliphatic heterocycles. The average molecular weight is 459 g/mol. The molecule has 0 aromatic heterocycles. The number of hydrogen-bond acceptors (Lipinski definition) is 7. The maximum Gasteiger partial charge on any atom is 0.338 e. The maximum absolute atomic E-state index is 11.9. The third-order valence-electron chi connectivity index (χ3n) is 5.32. The smallest absolute Gasteiger partial charge is 0.338 e. The van der Waals surface area contributed by atoms with E-state index < -0.39 is 23.2 Å². The normalized spacial score (nSPS) is 10.7. The molecule has 3 N–H and O–H groups in total. The summed E-state index contributed by atoms with van der Waals surface area (Å²) in [6.07, 6.45) is 10.6. The van der Waals surface area contributed by atoms with Gasteiger partial charge in [0, 0.05) is 0 Å². The SMILES string of the molecule is O=C(OCCCCCCCCCCCCOC(=O)c1cc(O)c(O)c(O)c1)c1ccccc1. The zero-order valence-electron chi connectivity index (χ0n) is 19.0. The molecule has 0 saturated carbocycles. The number of unbranched alkanes of at least 4 members (excludes halogenated alkanes) is 9. The lowest BCUT2D eigenvalue weighted by Crippen LogP contribution is -2.06. The quantitative estimate of drug-likeness (QED) is 0.178. The lowest BCUT2D eigenvalue weighted by Gasteiger charge is -2.07. The topological polar surface area (TPSA) is 113 Å². The minimum absolute atomic E-state index is 0.00263. The van der Waals surface area contributed by atoms with E-state index in [1.807, 2.05) is 18.2 Å². The number of benzene rings is 2. The molecule has 0 fully saturated rings. The third-order valence-corrected chi connectivity index (χ3v) is 5.32. The van der Waals surface area contributed by atoms with Crippen molar-refractivity contribution in [3.05, 3.63) is 53.6 Å². The van der Waals surface area contributed by atoms with Crippen molar-refractivity contribution >= 4 is 11.9 Å². The molecule has 2 aromatic rings. The minimum atomic E-state index is -0.657. The molecule has 180 valence electrons. The first-order valence-electron chi connectivity index (χ1n) is 11.6. The summed E-state index contributed by atoms with van der Waals surface area (Å²) >= 11 is 0. The van der Waals surface area contributed by atoms with Crippen LogP contribution in [0, 0.1) is 0 Å². The third kappa shape index (κ3) is 9.85. The number of ether oxygens (including phenoxy) is 2. The van der Waals surface area contributed by atoms with Gasteiger partial charge < -0.3 is 24.8 Å². The van der Waals surface area contributed by atoms with E-state index in [0.717, 1.165) is 57.1 Å². The fraction of sp³-hybridized carbons (Fsp3) is 0.462. The molecule has 0 bridgehead atoms. The van der Waals surface area contributed by atoms with Gasteiger partial charge >= 0.3 is 11.9 Å². The first-order valence-corrected chi connectivity index (χ1v) is 11.6. The summed E-state index contributed by atoms with van der Waals surface area (Å²) in [6, 6.07) is 11.2. The number of carbonyl (C=O) groups excluding carboxylic acids is 2. The van der Waals surface area contributed by atoms with Gasteiger partial charge in [0.2, 0.25) is 0 Å². The summed E-state index contributed by atoms with van der Waals surface area (Å²) in [6.45, 7) is 0.740. The Morgan fingerprint density at radius 2 is 0.970 bits per heavy atom. The van der Waals surface area contributed by atoms with E-state index in [-0.39, 0.29) is 18.1 Å². The molecule has 2 aromatic carbocycles. The molecule has 0 aliphatic rings. The highest BCUT2D eigenvalue weighted by Gasteiger charge is 2.14. The van der Waals surface area contributed by atoms with Crippen LogP contribution in [0.2, 0.25) is 0 Å². The largest absolute Gasteiger partial charge is 0.504 e. The molecule has 0 atom stereocenters. The molecule has 2 rings (SSSR count). The summed E-state index contributed by atoms with van der Waals surface area (Å²) in [5, 5.41) is 28.2. The highest BCUT2D eigenvalue weighted by Crippen LogP contribution is 2.35. The van der Waals surface area contributed by atoms with Crippen LogP contribution in [0.5, 0.6) is 17.2 Å². The van der Waals surface area contributed by atoms with Gasteiger partial charge in [-0.2, -0.15) is 0 Å². The molecule has 0 amide bonds. The number of aromatic hydroxyl groups is 3. The molecule has 0 radical (unpaired) electrons. The Labute approximate surface area is 195 Å². The second kappa shape index (κ2) is 14.8. The van der Waals surface area contributed by atoms with Gasteiger partial charge in [-0.05, 0) is 37.1 Å². The van der Waals surface area contributed by atoms with Crippen LogP contribution < -0.4 is 0 Å². The van der Waals surface area contributed by atoms with E-state index in [1.165, 1.54) is 19.3 Å². The van der Waals surface area contributed by atoms with Crippen LogP contribution in [0.15, 0.2) is 42.5 Å². The molecular formula is C26H34O7. The molecule has 0 spiro atoms. The van der Waals surface area contributed by atoms with Gasteiger partial charge in [-0.1, -0.05) is 69.6 Å². The van der Waals surface area contributed by atoms with Crippen LogP contribution >= 0.6 is 0 Å². The highest BCUT2D eigenvalue weighted by molar-refractivity contribution is 5.91. The Hall–Kier alpha value is -3.22. The van der Waals surface area contributed by atoms with Gasteiger partial charge in [-0.15, -0.1) is 0 Å². The van der Waals surface area contributed by atoms with Crippen molar-refractivity contribution in [2.24, 2.45) is 0 Å². The fourth-order valence-electron chi connectivity index (χ4n) is 3.41. The Balaban J connectivity index is 1.38. The zero-order valence-corrected chi connectivity index (χ0v) is 19.0. The number of esters is 2. The van der Waals surface area contributed by atoms with E-state index in [9.17, 15) is 24.9 Å². The van der Waals surface area contributed by atoms with Crippen molar-refractivity contribution in [2.75, 3.05) is 13.2 Å². The van der Waals surface area contributed by atoms with Gasteiger partial charge in [0.25, 0.3) is 0 Å². The maximum atomic E-state index is 11.9. The van der Waals surface area contributed by atoms with Gasteiger partial charge in [0.1, 0.15) is 0 Å². The van der Waals surface area contributed by atoms with Crippen LogP contribution in [0.25, 0.3) is 0 Å². The molecule has 0 saturated heterocycles. The average Bonchev–Trinajstić information content (AvgIpc) is 2.82. The standard InChI is InChI=1S/C26H34O7/c27-22-18-21(19-23(28)24(22)29)26(31)33-17-13-8-6-4-2-1-3-5-7-12-16-32-25(30)20-14-10-9-11-15-20/h9-11,14-15,18-19,27-29H,1-8,12-13,16-17H2. The van der Waals surface area contributed by atoms with Crippen LogP contribution in [-0.4, -0.2) is 40.5 Å². The lowest BCUT2D eigenvalue weighted by atomic mass is 10.1. The summed E-state index contributed by atoms with van der Waals surface area (Å²) in [5.41, 5.74) is 0.589. The Kier molecular flexibility index (Phi) is 11.7. The van der Waals surface area contributed by atoms with Crippen molar-refractivity contribution in [1.29, 1.82) is 0 Å². The van der Waals surface area contributed by atoms with Crippen molar-refractivity contribution < 1.29 is 34.4 Å². The molecular weight excluding hydrogens is 424 g/mol. The minimum Gasteiger partial charge on any atom is -0.504 e. The molecule has 0 heterocycles. The van der Waals surface area contributed by atoms with Gasteiger partial charge in [-0.25, -0.2) is 9.59 Å². The van der Waals surface area contributed by atoms with Crippen LogP contribution in [0.3, 0.4) is 0 Å². The van der Waals surface area contributed by atoms with Crippen molar-refractivity contribution in [3.63, 3.8) is 0 Å². The Morgan fingerprint density at radius 1 is 0.576 bits per heavy atom. The summed E-state index contributed by atoms with van der Waals surface area (Å²) in [4.78, 5) is 23.7. The van der Waals surface area contributed by atoms with E-state index in [1.54, 1.807) is 12.1 Å². The Bertz CT molecular complexity index is 841. The van der Waals surface area contributed by atoms with E-state index in [4.69, 9.17) is 9.47 Å². The number of phenols is 3. The first-order chi connectivity index (χ1) is 16.0. The monoisotopic (exact) mass is 458 g/mol. The molecule has 7 heteroatoms. The van der Waals surface area contributed by atoms with Crippen LogP contribution in [0.4, 0.5) is 0 Å². The Morgan fingerprint density at radius 3 is 1.42 bits per heavy atom. The molecule has 0 aliphatic carbocycles. The number of rotatable bonds is 15. The zero-order chi connectivity index (χ0) is 23.9. The fourth-order valence-corrected chi connectivity index (χ4v) is 3.41. The highest BCUT2D eigenvalue weighted by atomic mass is 16.5. The predicted octanol–water partition coefficient (Wildman–Crippen LogP) is 5.72. The second-order valence-electron chi connectivity index (χ2n) is 8.04. The van der Waals surface area contributed by atoms with E-state index in [2.05, 4.69) is 0 Å². The van der Waals surface area contributed by atoms with Gasteiger partial charge in [-0.3, -0.25) is 0 Å². The number of carbonyl (C=O) groups is 2. The molecule has 33 heavy (non-hydrogen) atoms. The van der Waals surface area contributed by atoms with Crippen LogP contribution in [-0.2, 0) is 9.47 Å². The van der Waals surface area contributed by atoms with Crippen molar-refractivity contribution in [2.45, 2.75) is 64.2 Å². The predicted molar refractivity (Wildman–Crippen MR) is 125 cm³/mol. The van der Waals surface area contributed by atoms with Gasteiger partial charge in [0.05, 0.1) is 24.3 Å². The first kappa shape index (κ1) is 26.0. The molecule has 0 unspecified atom stereocenters. The second-order valence-corrected chi connectivity index (χ2v) is 8.04. The summed E-state index contributed by atoms with van der Waals surface area (Å²) in [7, 11) is 0. The lowest BCUT2D eigenvalue weighted by molar-refractivity contribution is 0.0487. The number of phenolic OH excluding ortho intramolecular Hbond substituents is 3. The van der Waals surface area contributed by atoms with Gasteiger partial charge in [0.15, 0.2) is 17.2 Å². The van der Waals surface area contributed by atoms with E-state index >= 15 is 0 Å². The molecule has 7 nitrogen and oxygen atoms in total. The number of hydrogen-bond donors (Lipinski definition) is 3.